The summed E-state index contributed by atoms with van der Waals surface area (Å²) in [5.41, 5.74) is 4.68. The van der Waals surface area contributed by atoms with E-state index in [4.69, 9.17) is 9.47 Å². The molecular weight excluding hydrogens is 488 g/mol. The molecule has 0 spiro atoms. The summed E-state index contributed by atoms with van der Waals surface area (Å²) >= 11 is 0. The number of rotatable bonds is 20. The van der Waals surface area contributed by atoms with E-state index in [0.717, 1.165) is 61.5 Å². The molecule has 0 fully saturated rings. The van der Waals surface area contributed by atoms with E-state index in [1.807, 2.05) is 12.2 Å². The van der Waals surface area contributed by atoms with Crippen molar-refractivity contribution < 1.29 is 9.47 Å². The third-order valence-electron chi connectivity index (χ3n) is 6.78. The van der Waals surface area contributed by atoms with Crippen LogP contribution in [0.2, 0.25) is 0 Å². The summed E-state index contributed by atoms with van der Waals surface area (Å²) < 4.78 is 11.8. The SMILES string of the molecule is C=CCCCCCCOc1ccc(C=Cc2ccc(C=Cc3ccc(OCCCCCCC=C)cc3)cc2)cc1. The van der Waals surface area contributed by atoms with Crippen molar-refractivity contribution in [1.29, 1.82) is 0 Å². The van der Waals surface area contributed by atoms with Crippen molar-refractivity contribution in [3.8, 4) is 11.5 Å². The lowest BCUT2D eigenvalue weighted by Gasteiger charge is -2.06. The maximum atomic E-state index is 5.88. The second-order valence-electron chi connectivity index (χ2n) is 10.2. The summed E-state index contributed by atoms with van der Waals surface area (Å²) in [5.74, 6) is 1.87. The number of unbranched alkanes of at least 4 members (excludes halogenated alkanes) is 8. The van der Waals surface area contributed by atoms with Crippen LogP contribution in [0.25, 0.3) is 24.3 Å². The number of benzene rings is 3. The van der Waals surface area contributed by atoms with Crippen LogP contribution in [0.15, 0.2) is 98.1 Å². The summed E-state index contributed by atoms with van der Waals surface area (Å²) in [7, 11) is 0. The first-order chi connectivity index (χ1) is 19.8. The lowest BCUT2D eigenvalue weighted by molar-refractivity contribution is 0.304. The van der Waals surface area contributed by atoms with Crippen LogP contribution in [-0.4, -0.2) is 13.2 Å². The Balaban J connectivity index is 1.37. The lowest BCUT2D eigenvalue weighted by atomic mass is 10.1. The van der Waals surface area contributed by atoms with E-state index in [-0.39, 0.29) is 0 Å². The first kappa shape index (κ1) is 30.8. The predicted molar refractivity (Wildman–Crippen MR) is 175 cm³/mol. The molecule has 0 heterocycles. The van der Waals surface area contributed by atoms with Crippen LogP contribution in [0.5, 0.6) is 11.5 Å². The first-order valence-electron chi connectivity index (χ1n) is 14.9. The third kappa shape index (κ3) is 12.8. The summed E-state index contributed by atoms with van der Waals surface area (Å²) in [6.45, 7) is 9.10. The molecule has 0 bridgehead atoms. The van der Waals surface area contributed by atoms with Crippen molar-refractivity contribution in [2.75, 3.05) is 13.2 Å². The zero-order chi connectivity index (χ0) is 28.1. The summed E-state index contributed by atoms with van der Waals surface area (Å²) in [4.78, 5) is 0. The van der Waals surface area contributed by atoms with Gasteiger partial charge in [0.25, 0.3) is 0 Å². The van der Waals surface area contributed by atoms with Gasteiger partial charge in [-0.05, 0) is 85.0 Å². The van der Waals surface area contributed by atoms with Gasteiger partial charge in [0.05, 0.1) is 13.2 Å². The zero-order valence-electron chi connectivity index (χ0n) is 24.1. The fraction of sp³-hybridized carbons (Fsp3) is 0.316. The van der Waals surface area contributed by atoms with Crippen LogP contribution >= 0.6 is 0 Å². The Kier molecular flexibility index (Phi) is 14.8. The Morgan fingerprint density at radius 1 is 0.400 bits per heavy atom. The van der Waals surface area contributed by atoms with Crippen LogP contribution in [0.1, 0.15) is 86.5 Å². The monoisotopic (exact) mass is 534 g/mol. The summed E-state index contributed by atoms with van der Waals surface area (Å²) in [6, 6.07) is 25.2. The molecule has 0 aliphatic heterocycles. The fourth-order valence-corrected chi connectivity index (χ4v) is 4.32. The highest BCUT2D eigenvalue weighted by molar-refractivity contribution is 5.73. The van der Waals surface area contributed by atoms with E-state index in [0.29, 0.717) is 0 Å². The van der Waals surface area contributed by atoms with Gasteiger partial charge in [-0.15, -0.1) is 13.2 Å². The molecule has 0 aliphatic carbocycles. The van der Waals surface area contributed by atoms with E-state index in [1.165, 1.54) is 49.7 Å². The van der Waals surface area contributed by atoms with Gasteiger partial charge in [0.2, 0.25) is 0 Å². The van der Waals surface area contributed by atoms with Gasteiger partial charge in [-0.25, -0.2) is 0 Å². The second kappa shape index (κ2) is 19.3. The maximum Gasteiger partial charge on any atom is 0.119 e. The number of allylic oxidation sites excluding steroid dienone is 2. The Morgan fingerprint density at radius 2 is 0.700 bits per heavy atom. The average molecular weight is 535 g/mol. The van der Waals surface area contributed by atoms with Gasteiger partial charge >= 0.3 is 0 Å². The van der Waals surface area contributed by atoms with Crippen molar-refractivity contribution in [1.82, 2.24) is 0 Å². The van der Waals surface area contributed by atoms with E-state index in [1.54, 1.807) is 0 Å². The predicted octanol–water partition coefficient (Wildman–Crippen LogP) is 11.1. The van der Waals surface area contributed by atoms with Crippen LogP contribution < -0.4 is 9.47 Å². The minimum absolute atomic E-state index is 0.779. The largest absolute Gasteiger partial charge is 0.494 e. The normalized spacial score (nSPS) is 11.2. The van der Waals surface area contributed by atoms with E-state index in [9.17, 15) is 0 Å². The molecule has 0 saturated heterocycles. The van der Waals surface area contributed by atoms with Crippen LogP contribution in [0.4, 0.5) is 0 Å². The molecule has 0 amide bonds. The van der Waals surface area contributed by atoms with Crippen LogP contribution in [0.3, 0.4) is 0 Å². The van der Waals surface area contributed by atoms with Crippen LogP contribution in [0, 0.1) is 0 Å². The smallest absolute Gasteiger partial charge is 0.119 e. The highest BCUT2D eigenvalue weighted by Crippen LogP contribution is 2.18. The minimum atomic E-state index is 0.779. The first-order valence-corrected chi connectivity index (χ1v) is 14.9. The number of hydrogen-bond acceptors (Lipinski definition) is 2. The molecule has 3 aromatic carbocycles. The van der Waals surface area contributed by atoms with Gasteiger partial charge < -0.3 is 9.47 Å². The molecule has 0 radical (unpaired) electrons. The Bertz CT molecular complexity index is 1060. The molecule has 0 unspecified atom stereocenters. The third-order valence-corrected chi connectivity index (χ3v) is 6.78. The Hall–Kier alpha value is -3.78. The molecule has 0 atom stereocenters. The van der Waals surface area contributed by atoms with Gasteiger partial charge in [-0.3, -0.25) is 0 Å². The van der Waals surface area contributed by atoms with E-state index >= 15 is 0 Å². The number of hydrogen-bond donors (Lipinski definition) is 0. The fourth-order valence-electron chi connectivity index (χ4n) is 4.32. The molecule has 3 rings (SSSR count). The maximum absolute atomic E-state index is 5.88. The number of ether oxygens (including phenoxy) is 2. The van der Waals surface area contributed by atoms with Gasteiger partial charge in [0.1, 0.15) is 11.5 Å². The molecule has 0 N–H and O–H groups in total. The molecule has 2 nitrogen and oxygen atoms in total. The van der Waals surface area contributed by atoms with Gasteiger partial charge in [0.15, 0.2) is 0 Å². The second-order valence-corrected chi connectivity index (χ2v) is 10.2. The zero-order valence-corrected chi connectivity index (χ0v) is 24.1. The molecule has 3 aromatic rings. The Labute approximate surface area is 242 Å². The molecular formula is C38H46O2. The Morgan fingerprint density at radius 3 is 1.02 bits per heavy atom. The molecule has 210 valence electrons. The molecule has 2 heteroatoms. The summed E-state index contributed by atoms with van der Waals surface area (Å²) in [5, 5.41) is 0. The van der Waals surface area contributed by atoms with Crippen LogP contribution in [-0.2, 0) is 0 Å². The molecule has 0 saturated carbocycles. The quantitative estimate of drug-likeness (QED) is 0.0815. The highest BCUT2D eigenvalue weighted by atomic mass is 16.5. The topological polar surface area (TPSA) is 18.5 Å². The molecule has 0 aromatic heterocycles. The minimum Gasteiger partial charge on any atom is -0.494 e. The summed E-state index contributed by atoms with van der Waals surface area (Å²) in [6.07, 6.45) is 24.4. The lowest BCUT2D eigenvalue weighted by Crippen LogP contribution is -1.97. The van der Waals surface area contributed by atoms with E-state index in [2.05, 4.69) is 110 Å². The highest BCUT2D eigenvalue weighted by Gasteiger charge is 1.97. The average Bonchev–Trinajstić information content (AvgIpc) is 3.00. The van der Waals surface area contributed by atoms with Crippen molar-refractivity contribution >= 4 is 24.3 Å². The van der Waals surface area contributed by atoms with Gasteiger partial charge in [-0.1, -0.05) is 111 Å². The van der Waals surface area contributed by atoms with E-state index < -0.39 is 0 Å². The van der Waals surface area contributed by atoms with Crippen molar-refractivity contribution in [2.45, 2.75) is 64.2 Å². The van der Waals surface area contributed by atoms with Gasteiger partial charge in [0, 0.05) is 0 Å². The van der Waals surface area contributed by atoms with Crippen molar-refractivity contribution in [2.24, 2.45) is 0 Å². The van der Waals surface area contributed by atoms with Crippen molar-refractivity contribution in [3.05, 3.63) is 120 Å². The molecule has 0 aliphatic rings. The molecule has 40 heavy (non-hydrogen) atoms. The standard InChI is InChI=1S/C38H46O2/c1-3-5-7-9-11-13-31-39-37-27-23-35(24-28-37)21-19-33-15-17-34(18-16-33)20-22-36-25-29-38(30-26-36)40-32-14-12-10-8-6-4-2/h3-4,15-30H,1-2,5-14,31-32H2. The van der Waals surface area contributed by atoms with Crippen molar-refractivity contribution in [3.63, 3.8) is 0 Å². The van der Waals surface area contributed by atoms with Gasteiger partial charge in [-0.2, -0.15) is 0 Å².